The minimum absolute atomic E-state index is 0.0714. The summed E-state index contributed by atoms with van der Waals surface area (Å²) >= 11 is 0. The van der Waals surface area contributed by atoms with Gasteiger partial charge in [-0.25, -0.2) is 13.4 Å². The van der Waals surface area contributed by atoms with Crippen LogP contribution in [0.4, 0.5) is 0 Å². The average Bonchev–Trinajstić information content (AvgIpc) is 2.96. The van der Waals surface area contributed by atoms with Gasteiger partial charge in [0.2, 0.25) is 10.0 Å². The Bertz CT molecular complexity index is 677. The fraction of sp³-hybridized carbons (Fsp3) is 0.417. The van der Waals surface area contributed by atoms with E-state index in [2.05, 4.69) is 4.98 Å². The van der Waals surface area contributed by atoms with Gasteiger partial charge in [-0.15, -0.1) is 0 Å². The molecule has 0 N–H and O–H groups in total. The average molecular weight is 265 g/mol. The maximum Gasteiger partial charge on any atom is 0.211 e. The van der Waals surface area contributed by atoms with Gasteiger partial charge in [0.1, 0.15) is 5.65 Å². The van der Waals surface area contributed by atoms with Gasteiger partial charge < -0.3 is 4.40 Å². The van der Waals surface area contributed by atoms with Gasteiger partial charge in [0, 0.05) is 24.6 Å². The Morgan fingerprint density at radius 1 is 1.39 bits per heavy atom. The normalized spacial score (nSPS) is 21.7. The summed E-state index contributed by atoms with van der Waals surface area (Å²) in [7, 11) is -3.15. The van der Waals surface area contributed by atoms with Crippen LogP contribution in [0.3, 0.4) is 0 Å². The second-order valence-corrected chi connectivity index (χ2v) is 6.57. The van der Waals surface area contributed by atoms with Crippen LogP contribution in [-0.4, -0.2) is 34.9 Å². The van der Waals surface area contributed by atoms with E-state index >= 15 is 0 Å². The van der Waals surface area contributed by atoms with Gasteiger partial charge in [0.15, 0.2) is 0 Å². The third-order valence-corrected chi connectivity index (χ3v) is 4.72. The standard InChI is InChI=1S/C12H15N3O2S/c1-18(16,17)15-8-3-5-11(15)10-4-2-6-12-13-7-9-14(10)12/h2,4,6-7,9,11H,3,5,8H2,1H3/t11-/m0/s1. The highest BCUT2D eigenvalue weighted by Crippen LogP contribution is 2.33. The molecule has 2 aromatic rings. The van der Waals surface area contributed by atoms with Crippen LogP contribution in [0.25, 0.3) is 5.65 Å². The summed E-state index contributed by atoms with van der Waals surface area (Å²) in [4.78, 5) is 4.23. The van der Waals surface area contributed by atoms with Crippen LogP contribution in [0, 0.1) is 0 Å². The van der Waals surface area contributed by atoms with Crippen molar-refractivity contribution >= 4 is 15.7 Å². The molecule has 0 aliphatic carbocycles. The molecule has 1 fully saturated rings. The maximum absolute atomic E-state index is 11.8. The van der Waals surface area contributed by atoms with Gasteiger partial charge in [-0.3, -0.25) is 0 Å². The van der Waals surface area contributed by atoms with E-state index in [4.69, 9.17) is 0 Å². The summed E-state index contributed by atoms with van der Waals surface area (Å²) in [5.74, 6) is 0. The molecule has 3 heterocycles. The minimum atomic E-state index is -3.15. The van der Waals surface area contributed by atoms with Gasteiger partial charge in [-0.1, -0.05) is 6.07 Å². The van der Waals surface area contributed by atoms with Crippen LogP contribution < -0.4 is 0 Å². The number of fused-ring (bicyclic) bond motifs is 1. The molecule has 18 heavy (non-hydrogen) atoms. The number of aromatic nitrogens is 2. The Kier molecular flexibility index (Phi) is 2.64. The molecule has 3 rings (SSSR count). The quantitative estimate of drug-likeness (QED) is 0.825. The predicted molar refractivity (Wildman–Crippen MR) is 68.7 cm³/mol. The zero-order valence-corrected chi connectivity index (χ0v) is 11.0. The summed E-state index contributed by atoms with van der Waals surface area (Å²) in [5, 5.41) is 0. The third kappa shape index (κ3) is 1.81. The van der Waals surface area contributed by atoms with Gasteiger partial charge in [0.25, 0.3) is 0 Å². The Hall–Kier alpha value is -1.40. The van der Waals surface area contributed by atoms with Crippen molar-refractivity contribution in [2.45, 2.75) is 18.9 Å². The molecule has 1 aliphatic heterocycles. The van der Waals surface area contributed by atoms with E-state index in [0.717, 1.165) is 24.2 Å². The van der Waals surface area contributed by atoms with E-state index in [-0.39, 0.29) is 6.04 Å². The number of hydrogen-bond donors (Lipinski definition) is 0. The van der Waals surface area contributed by atoms with Crippen molar-refractivity contribution in [2.75, 3.05) is 12.8 Å². The fourth-order valence-corrected chi connectivity index (χ4v) is 3.81. The van der Waals surface area contributed by atoms with E-state index in [1.807, 2.05) is 28.8 Å². The predicted octanol–water partition coefficient (Wildman–Crippen LogP) is 1.43. The molecule has 0 aromatic carbocycles. The Labute approximate surface area is 106 Å². The molecular formula is C12H15N3O2S. The van der Waals surface area contributed by atoms with Gasteiger partial charge in [-0.2, -0.15) is 4.31 Å². The topological polar surface area (TPSA) is 54.7 Å². The lowest BCUT2D eigenvalue weighted by atomic mass is 10.1. The van der Waals surface area contributed by atoms with Crippen LogP contribution in [0.2, 0.25) is 0 Å². The Morgan fingerprint density at radius 3 is 3.00 bits per heavy atom. The molecule has 0 spiro atoms. The molecule has 5 nitrogen and oxygen atoms in total. The summed E-state index contributed by atoms with van der Waals surface area (Å²) < 4.78 is 27.1. The molecule has 96 valence electrons. The molecule has 2 aromatic heterocycles. The number of imidazole rings is 1. The summed E-state index contributed by atoms with van der Waals surface area (Å²) in [6, 6.07) is 5.75. The van der Waals surface area contributed by atoms with Crippen molar-refractivity contribution in [3.05, 3.63) is 36.3 Å². The number of nitrogens with zero attached hydrogens (tertiary/aromatic N) is 3. The smallest absolute Gasteiger partial charge is 0.211 e. The molecule has 0 amide bonds. The Balaban J connectivity index is 2.12. The van der Waals surface area contributed by atoms with E-state index in [9.17, 15) is 8.42 Å². The van der Waals surface area contributed by atoms with Crippen molar-refractivity contribution in [3.63, 3.8) is 0 Å². The van der Waals surface area contributed by atoms with Crippen molar-refractivity contribution < 1.29 is 8.42 Å². The largest absolute Gasteiger partial charge is 0.302 e. The first-order valence-electron chi connectivity index (χ1n) is 5.96. The first-order chi connectivity index (χ1) is 8.57. The lowest BCUT2D eigenvalue weighted by molar-refractivity contribution is 0.392. The molecule has 1 saturated heterocycles. The van der Waals surface area contributed by atoms with Crippen LogP contribution in [0.15, 0.2) is 30.6 Å². The minimum Gasteiger partial charge on any atom is -0.302 e. The highest BCUT2D eigenvalue weighted by molar-refractivity contribution is 7.88. The number of hydrogen-bond acceptors (Lipinski definition) is 3. The molecule has 0 radical (unpaired) electrons. The molecule has 6 heteroatoms. The number of rotatable bonds is 2. The van der Waals surface area contributed by atoms with Crippen LogP contribution in [-0.2, 0) is 10.0 Å². The first-order valence-corrected chi connectivity index (χ1v) is 7.81. The van der Waals surface area contributed by atoms with E-state index in [1.54, 1.807) is 10.5 Å². The summed E-state index contributed by atoms with van der Waals surface area (Å²) in [6.07, 6.45) is 6.66. The van der Waals surface area contributed by atoms with Crippen molar-refractivity contribution in [1.82, 2.24) is 13.7 Å². The molecule has 0 unspecified atom stereocenters. The van der Waals surface area contributed by atoms with Gasteiger partial charge in [0.05, 0.1) is 12.3 Å². The number of pyridine rings is 1. The molecule has 1 atom stereocenters. The van der Waals surface area contributed by atoms with Crippen molar-refractivity contribution in [1.29, 1.82) is 0 Å². The fourth-order valence-electron chi connectivity index (χ4n) is 2.67. The van der Waals surface area contributed by atoms with Crippen LogP contribution in [0.5, 0.6) is 0 Å². The zero-order valence-electron chi connectivity index (χ0n) is 10.2. The molecule has 0 bridgehead atoms. The number of sulfonamides is 1. The lowest BCUT2D eigenvalue weighted by Gasteiger charge is -2.23. The highest BCUT2D eigenvalue weighted by atomic mass is 32.2. The second-order valence-electron chi connectivity index (χ2n) is 4.64. The third-order valence-electron chi connectivity index (χ3n) is 3.43. The first kappa shape index (κ1) is 11.7. The van der Waals surface area contributed by atoms with Crippen molar-refractivity contribution in [3.8, 4) is 0 Å². The highest BCUT2D eigenvalue weighted by Gasteiger charge is 2.33. The van der Waals surface area contributed by atoms with E-state index < -0.39 is 10.0 Å². The molecular weight excluding hydrogens is 250 g/mol. The second kappa shape index (κ2) is 4.07. The van der Waals surface area contributed by atoms with Gasteiger partial charge >= 0.3 is 0 Å². The maximum atomic E-state index is 11.8. The monoisotopic (exact) mass is 265 g/mol. The van der Waals surface area contributed by atoms with E-state index in [0.29, 0.717) is 6.54 Å². The van der Waals surface area contributed by atoms with Gasteiger partial charge in [-0.05, 0) is 25.0 Å². The zero-order chi connectivity index (χ0) is 12.8. The summed E-state index contributed by atoms with van der Waals surface area (Å²) in [5.41, 5.74) is 1.85. The lowest BCUT2D eigenvalue weighted by Crippen LogP contribution is -2.30. The molecule has 0 saturated carbocycles. The summed E-state index contributed by atoms with van der Waals surface area (Å²) in [6.45, 7) is 0.606. The van der Waals surface area contributed by atoms with Crippen molar-refractivity contribution in [2.24, 2.45) is 0 Å². The Morgan fingerprint density at radius 2 is 2.22 bits per heavy atom. The van der Waals surface area contributed by atoms with E-state index in [1.165, 1.54) is 6.26 Å². The SMILES string of the molecule is CS(=O)(=O)N1CCC[C@H]1c1cccc2nccn12. The van der Waals surface area contributed by atoms with Crippen LogP contribution in [0.1, 0.15) is 24.6 Å². The van der Waals surface area contributed by atoms with Crippen LogP contribution >= 0.6 is 0 Å². The molecule has 1 aliphatic rings.